The molecule has 104 valence electrons. The lowest BCUT2D eigenvalue weighted by atomic mass is 10.2. The summed E-state index contributed by atoms with van der Waals surface area (Å²) < 4.78 is 1.02. The number of benzene rings is 2. The Balaban J connectivity index is 1.83. The molecule has 1 N–H and O–H groups in total. The minimum absolute atomic E-state index is 0.0960. The molecule has 0 saturated heterocycles. The number of hydrogen-bond donors (Lipinski definition) is 1. The zero-order valence-electron chi connectivity index (χ0n) is 11.3. The van der Waals surface area contributed by atoms with Gasteiger partial charge in [0.25, 0.3) is 0 Å². The fourth-order valence-electron chi connectivity index (χ4n) is 1.88. The van der Waals surface area contributed by atoms with Crippen LogP contribution in [-0.4, -0.2) is 19.5 Å². The van der Waals surface area contributed by atoms with Gasteiger partial charge in [0.2, 0.25) is 5.91 Å². The van der Waals surface area contributed by atoms with Gasteiger partial charge in [-0.1, -0.05) is 40.2 Å². The topological polar surface area (TPSA) is 32.3 Å². The molecule has 0 unspecified atom stereocenters. The maximum Gasteiger partial charge on any atom is 0.228 e. The van der Waals surface area contributed by atoms with Crippen LogP contribution in [0, 0.1) is 0 Å². The molecule has 0 aliphatic carbocycles. The van der Waals surface area contributed by atoms with E-state index in [2.05, 4.69) is 21.2 Å². The molecular formula is C16H17BrN2O. The van der Waals surface area contributed by atoms with E-state index in [9.17, 15) is 4.79 Å². The summed E-state index contributed by atoms with van der Waals surface area (Å²) >= 11 is 3.42. The van der Waals surface area contributed by atoms with Gasteiger partial charge in [-0.2, -0.15) is 0 Å². The van der Waals surface area contributed by atoms with Gasteiger partial charge >= 0.3 is 0 Å². The smallest absolute Gasteiger partial charge is 0.228 e. The van der Waals surface area contributed by atoms with Crippen molar-refractivity contribution < 1.29 is 4.79 Å². The van der Waals surface area contributed by atoms with E-state index in [4.69, 9.17) is 0 Å². The van der Waals surface area contributed by atoms with E-state index >= 15 is 0 Å². The first kappa shape index (κ1) is 14.6. The number of rotatable bonds is 5. The average molecular weight is 333 g/mol. The first-order valence-corrected chi connectivity index (χ1v) is 7.27. The summed E-state index contributed by atoms with van der Waals surface area (Å²) in [5, 5.41) is 3.25. The van der Waals surface area contributed by atoms with Crippen LogP contribution in [0.4, 0.5) is 11.4 Å². The molecule has 1 amide bonds. The van der Waals surface area contributed by atoms with Crippen molar-refractivity contribution in [2.45, 2.75) is 6.42 Å². The molecule has 4 heteroatoms. The van der Waals surface area contributed by atoms with Gasteiger partial charge in [0.15, 0.2) is 0 Å². The van der Waals surface area contributed by atoms with Crippen LogP contribution in [0.15, 0.2) is 59.1 Å². The molecule has 0 fully saturated rings. The van der Waals surface area contributed by atoms with E-state index < -0.39 is 0 Å². The summed E-state index contributed by atoms with van der Waals surface area (Å²) in [5.74, 6) is 0.0960. The zero-order valence-corrected chi connectivity index (χ0v) is 12.9. The van der Waals surface area contributed by atoms with Gasteiger partial charge in [0.05, 0.1) is 0 Å². The number of carbonyl (C=O) groups excluding carboxylic acids is 1. The molecule has 0 aromatic heterocycles. The normalized spacial score (nSPS) is 10.1. The summed E-state index contributed by atoms with van der Waals surface area (Å²) in [4.78, 5) is 13.8. The van der Waals surface area contributed by atoms with Crippen LogP contribution >= 0.6 is 15.9 Å². The summed E-state index contributed by atoms with van der Waals surface area (Å²) in [5.41, 5.74) is 1.93. The molecule has 0 aliphatic heterocycles. The number of nitrogens with zero attached hydrogens (tertiary/aromatic N) is 1. The van der Waals surface area contributed by atoms with E-state index in [1.54, 1.807) is 11.9 Å². The van der Waals surface area contributed by atoms with E-state index in [0.29, 0.717) is 13.0 Å². The van der Waals surface area contributed by atoms with Crippen LogP contribution in [0.25, 0.3) is 0 Å². The second-order valence-corrected chi connectivity index (χ2v) is 5.39. The van der Waals surface area contributed by atoms with E-state index in [0.717, 1.165) is 15.8 Å². The lowest BCUT2D eigenvalue weighted by Crippen LogP contribution is -2.27. The molecule has 0 bridgehead atoms. The van der Waals surface area contributed by atoms with E-state index in [-0.39, 0.29) is 5.91 Å². The minimum Gasteiger partial charge on any atom is -0.384 e. The Morgan fingerprint density at radius 1 is 1.15 bits per heavy atom. The number of nitrogens with one attached hydrogen (secondary N) is 1. The fourth-order valence-corrected chi connectivity index (χ4v) is 2.27. The third-order valence-electron chi connectivity index (χ3n) is 3.01. The van der Waals surface area contributed by atoms with Crippen molar-refractivity contribution in [3.8, 4) is 0 Å². The van der Waals surface area contributed by atoms with E-state index in [1.165, 1.54) is 0 Å². The molecule has 0 heterocycles. The predicted octanol–water partition coefficient (Wildman–Crippen LogP) is 3.91. The maximum atomic E-state index is 12.1. The van der Waals surface area contributed by atoms with Crippen LogP contribution in [0.3, 0.4) is 0 Å². The quantitative estimate of drug-likeness (QED) is 0.900. The number of amides is 1. The van der Waals surface area contributed by atoms with Crippen LogP contribution < -0.4 is 10.2 Å². The highest BCUT2D eigenvalue weighted by molar-refractivity contribution is 9.10. The Bertz CT molecular complexity index is 572. The Kier molecular flexibility index (Phi) is 5.18. The molecule has 0 saturated carbocycles. The molecule has 2 aromatic rings. The van der Waals surface area contributed by atoms with Gasteiger partial charge in [0, 0.05) is 35.9 Å². The number of carbonyl (C=O) groups is 1. The lowest BCUT2D eigenvalue weighted by Gasteiger charge is -2.17. The number of halogens is 1. The van der Waals surface area contributed by atoms with Gasteiger partial charge in [-0.15, -0.1) is 0 Å². The maximum absolute atomic E-state index is 12.1. The molecule has 20 heavy (non-hydrogen) atoms. The third kappa shape index (κ3) is 4.10. The van der Waals surface area contributed by atoms with Gasteiger partial charge in [-0.05, 0) is 30.3 Å². The van der Waals surface area contributed by atoms with Crippen molar-refractivity contribution in [1.82, 2.24) is 0 Å². The predicted molar refractivity (Wildman–Crippen MR) is 87.1 cm³/mol. The average Bonchev–Trinajstić information content (AvgIpc) is 2.47. The Morgan fingerprint density at radius 3 is 2.60 bits per heavy atom. The molecule has 0 radical (unpaired) electrons. The highest BCUT2D eigenvalue weighted by atomic mass is 79.9. The Labute approximate surface area is 127 Å². The van der Waals surface area contributed by atoms with Gasteiger partial charge < -0.3 is 10.2 Å². The first-order chi connectivity index (χ1) is 9.66. The van der Waals surface area contributed by atoms with Gasteiger partial charge in [-0.3, -0.25) is 4.79 Å². The van der Waals surface area contributed by atoms with Gasteiger partial charge in [-0.25, -0.2) is 0 Å². The summed E-state index contributed by atoms with van der Waals surface area (Å²) in [6.07, 6.45) is 0.456. The Morgan fingerprint density at radius 2 is 1.90 bits per heavy atom. The Hall–Kier alpha value is -1.81. The summed E-state index contributed by atoms with van der Waals surface area (Å²) in [7, 11) is 1.80. The number of para-hydroxylation sites is 1. The molecule has 2 aromatic carbocycles. The van der Waals surface area contributed by atoms with Crippen molar-refractivity contribution in [1.29, 1.82) is 0 Å². The number of anilines is 2. The largest absolute Gasteiger partial charge is 0.384 e. The molecule has 3 nitrogen and oxygen atoms in total. The van der Waals surface area contributed by atoms with Crippen molar-refractivity contribution in [3.05, 3.63) is 59.1 Å². The monoisotopic (exact) mass is 332 g/mol. The van der Waals surface area contributed by atoms with Gasteiger partial charge in [0.1, 0.15) is 0 Å². The summed E-state index contributed by atoms with van der Waals surface area (Å²) in [6.45, 7) is 0.618. The first-order valence-electron chi connectivity index (χ1n) is 6.48. The summed E-state index contributed by atoms with van der Waals surface area (Å²) in [6, 6.07) is 17.6. The zero-order chi connectivity index (χ0) is 14.4. The minimum atomic E-state index is 0.0960. The van der Waals surface area contributed by atoms with Crippen LogP contribution in [0.5, 0.6) is 0 Å². The molecular weight excluding hydrogens is 316 g/mol. The highest BCUT2D eigenvalue weighted by Crippen LogP contribution is 2.16. The second kappa shape index (κ2) is 7.10. The molecule has 0 aliphatic rings. The molecule has 0 atom stereocenters. The highest BCUT2D eigenvalue weighted by Gasteiger charge is 2.09. The SMILES string of the molecule is CN(C(=O)CCNc1cccc(Br)c1)c1ccccc1. The third-order valence-corrected chi connectivity index (χ3v) is 3.50. The van der Waals surface area contributed by atoms with E-state index in [1.807, 2.05) is 54.6 Å². The van der Waals surface area contributed by atoms with Crippen molar-refractivity contribution in [3.63, 3.8) is 0 Å². The van der Waals surface area contributed by atoms with Crippen molar-refractivity contribution >= 4 is 33.2 Å². The van der Waals surface area contributed by atoms with Crippen LogP contribution in [0.1, 0.15) is 6.42 Å². The molecule has 2 rings (SSSR count). The van der Waals surface area contributed by atoms with Crippen molar-refractivity contribution in [2.24, 2.45) is 0 Å². The van der Waals surface area contributed by atoms with Crippen LogP contribution in [-0.2, 0) is 4.79 Å². The molecule has 0 spiro atoms. The van der Waals surface area contributed by atoms with Crippen LogP contribution in [0.2, 0.25) is 0 Å². The van der Waals surface area contributed by atoms with Crippen molar-refractivity contribution in [2.75, 3.05) is 23.8 Å². The standard InChI is InChI=1S/C16H17BrN2O/c1-19(15-8-3-2-4-9-15)16(20)10-11-18-14-7-5-6-13(17)12-14/h2-9,12,18H,10-11H2,1H3. The lowest BCUT2D eigenvalue weighted by molar-refractivity contribution is -0.118. The number of hydrogen-bond acceptors (Lipinski definition) is 2. The second-order valence-electron chi connectivity index (χ2n) is 4.48. The fraction of sp³-hybridized carbons (Fsp3) is 0.188.